The topological polar surface area (TPSA) is 73.9 Å². The zero-order chi connectivity index (χ0) is 18.4. The van der Waals surface area contributed by atoms with Crippen LogP contribution >= 0.6 is 0 Å². The Morgan fingerprint density at radius 1 is 1.00 bits per heavy atom. The van der Waals surface area contributed by atoms with Crippen LogP contribution in [0.5, 0.6) is 0 Å². The van der Waals surface area contributed by atoms with Crippen molar-refractivity contribution in [3.8, 4) is 5.69 Å². The predicted octanol–water partition coefficient (Wildman–Crippen LogP) is 2.85. The molecule has 6 nitrogen and oxygen atoms in total. The maximum Gasteiger partial charge on any atom is 0.272 e. The summed E-state index contributed by atoms with van der Waals surface area (Å²) in [6.45, 7) is 1.16. The molecule has 0 atom stereocenters. The average Bonchev–Trinajstić information content (AvgIpc) is 3.28. The fourth-order valence-electron chi connectivity index (χ4n) is 3.78. The van der Waals surface area contributed by atoms with E-state index in [1.54, 1.807) is 4.90 Å². The molecule has 2 aromatic carbocycles. The number of rotatable bonds is 2. The van der Waals surface area contributed by atoms with Crippen molar-refractivity contribution in [1.29, 1.82) is 0 Å². The number of H-pyrrole nitrogens is 2. The normalized spacial score (nSPS) is 13.7. The third kappa shape index (κ3) is 2.57. The quantitative estimate of drug-likeness (QED) is 0.578. The lowest BCUT2D eigenvalue weighted by atomic mass is 10.0. The van der Waals surface area contributed by atoms with Crippen molar-refractivity contribution in [2.45, 2.75) is 13.0 Å². The molecular formula is C21H18N4O2. The first-order valence-electron chi connectivity index (χ1n) is 8.96. The van der Waals surface area contributed by atoms with Gasteiger partial charge in [-0.1, -0.05) is 36.4 Å². The van der Waals surface area contributed by atoms with Gasteiger partial charge in [0.2, 0.25) is 0 Å². The van der Waals surface area contributed by atoms with Crippen molar-refractivity contribution in [1.82, 2.24) is 19.7 Å². The summed E-state index contributed by atoms with van der Waals surface area (Å²) in [6.07, 6.45) is 0.777. The highest BCUT2D eigenvalue weighted by Crippen LogP contribution is 2.28. The standard InChI is InChI=1S/C21H18N4O2/c26-20-12-19(23-25(20)14-6-2-1-3-7-14)21(27)24-11-10-18-16(13-24)15-8-4-5-9-17(15)22-18/h1-9,12,22-23H,10-11,13H2. The molecule has 2 N–H and O–H groups in total. The summed E-state index contributed by atoms with van der Waals surface area (Å²) in [4.78, 5) is 30.6. The minimum Gasteiger partial charge on any atom is -0.358 e. The zero-order valence-electron chi connectivity index (χ0n) is 14.6. The molecule has 0 spiro atoms. The molecule has 0 bridgehead atoms. The van der Waals surface area contributed by atoms with E-state index in [2.05, 4.69) is 22.2 Å². The van der Waals surface area contributed by atoms with Crippen LogP contribution in [0.2, 0.25) is 0 Å². The molecule has 0 saturated heterocycles. The van der Waals surface area contributed by atoms with Crippen LogP contribution in [-0.4, -0.2) is 32.1 Å². The second kappa shape index (κ2) is 6.02. The molecule has 0 aliphatic carbocycles. The molecule has 134 valence electrons. The third-order valence-corrected chi connectivity index (χ3v) is 5.14. The molecule has 1 amide bonds. The molecule has 0 radical (unpaired) electrons. The first kappa shape index (κ1) is 15.7. The fraction of sp³-hybridized carbons (Fsp3) is 0.143. The Bertz CT molecular complexity index is 1200. The van der Waals surface area contributed by atoms with Gasteiger partial charge in [0, 0.05) is 47.7 Å². The molecule has 1 aliphatic heterocycles. The lowest BCUT2D eigenvalue weighted by Crippen LogP contribution is -2.36. The van der Waals surface area contributed by atoms with Crippen LogP contribution in [0.25, 0.3) is 16.6 Å². The number of carbonyl (C=O) groups excluding carboxylic acids is 1. The molecule has 2 aromatic heterocycles. The Morgan fingerprint density at radius 2 is 1.78 bits per heavy atom. The van der Waals surface area contributed by atoms with Crippen molar-refractivity contribution in [3.05, 3.63) is 88.0 Å². The average molecular weight is 358 g/mol. The minimum atomic E-state index is -0.241. The molecule has 4 aromatic rings. The fourth-order valence-corrected chi connectivity index (χ4v) is 3.78. The predicted molar refractivity (Wildman–Crippen MR) is 103 cm³/mol. The number of amides is 1. The highest BCUT2D eigenvalue weighted by Gasteiger charge is 2.26. The van der Waals surface area contributed by atoms with Crippen LogP contribution in [0.3, 0.4) is 0 Å². The molecule has 6 heteroatoms. The molecule has 1 aliphatic rings. The number of nitrogens with zero attached hydrogens (tertiary/aromatic N) is 2. The number of hydrogen-bond donors (Lipinski definition) is 2. The minimum absolute atomic E-state index is 0.155. The monoisotopic (exact) mass is 358 g/mol. The van der Waals surface area contributed by atoms with Gasteiger partial charge in [0.15, 0.2) is 0 Å². The Labute approximate surface area is 155 Å². The number of carbonyl (C=O) groups is 1. The van der Waals surface area contributed by atoms with E-state index in [4.69, 9.17) is 0 Å². The first-order chi connectivity index (χ1) is 13.2. The van der Waals surface area contributed by atoms with Crippen LogP contribution in [0.1, 0.15) is 21.7 Å². The number of aromatic nitrogens is 3. The van der Waals surface area contributed by atoms with Gasteiger partial charge in [-0.15, -0.1) is 0 Å². The van der Waals surface area contributed by atoms with Gasteiger partial charge in [0.1, 0.15) is 5.69 Å². The summed E-state index contributed by atoms with van der Waals surface area (Å²) in [5.74, 6) is -0.155. The van der Waals surface area contributed by atoms with E-state index < -0.39 is 0 Å². The van der Waals surface area contributed by atoms with Gasteiger partial charge in [-0.25, -0.2) is 4.68 Å². The Morgan fingerprint density at radius 3 is 2.63 bits per heavy atom. The van der Waals surface area contributed by atoms with E-state index >= 15 is 0 Å². The number of aromatic amines is 2. The Hall–Kier alpha value is -3.54. The molecule has 0 fully saturated rings. The summed E-state index contributed by atoms with van der Waals surface area (Å²) >= 11 is 0. The van der Waals surface area contributed by atoms with Crippen LogP contribution in [0, 0.1) is 0 Å². The maximum absolute atomic E-state index is 13.0. The highest BCUT2D eigenvalue weighted by atomic mass is 16.2. The largest absolute Gasteiger partial charge is 0.358 e. The van der Waals surface area contributed by atoms with Gasteiger partial charge in [0.05, 0.1) is 5.69 Å². The summed E-state index contributed by atoms with van der Waals surface area (Å²) in [5, 5.41) is 4.11. The van der Waals surface area contributed by atoms with Crippen LogP contribution < -0.4 is 5.56 Å². The summed E-state index contributed by atoms with van der Waals surface area (Å²) < 4.78 is 1.40. The number of para-hydroxylation sites is 2. The van der Waals surface area contributed by atoms with Gasteiger partial charge in [-0.2, -0.15) is 0 Å². The third-order valence-electron chi connectivity index (χ3n) is 5.14. The number of nitrogens with one attached hydrogen (secondary N) is 2. The smallest absolute Gasteiger partial charge is 0.272 e. The summed E-state index contributed by atoms with van der Waals surface area (Å²) in [6, 6.07) is 18.8. The number of benzene rings is 2. The molecule has 27 heavy (non-hydrogen) atoms. The molecule has 0 saturated carbocycles. The van der Waals surface area contributed by atoms with Gasteiger partial charge in [-0.3, -0.25) is 14.7 Å². The second-order valence-electron chi connectivity index (χ2n) is 6.78. The van der Waals surface area contributed by atoms with Gasteiger partial charge >= 0.3 is 0 Å². The van der Waals surface area contributed by atoms with E-state index in [-0.39, 0.29) is 11.5 Å². The van der Waals surface area contributed by atoms with E-state index in [1.165, 1.54) is 16.4 Å². The van der Waals surface area contributed by atoms with Crippen LogP contribution in [-0.2, 0) is 13.0 Å². The van der Waals surface area contributed by atoms with E-state index in [0.29, 0.717) is 24.5 Å². The summed E-state index contributed by atoms with van der Waals surface area (Å²) in [5.41, 5.74) is 4.23. The van der Waals surface area contributed by atoms with E-state index in [9.17, 15) is 9.59 Å². The molecule has 5 rings (SSSR count). The van der Waals surface area contributed by atoms with Crippen LogP contribution in [0.4, 0.5) is 0 Å². The first-order valence-corrected chi connectivity index (χ1v) is 8.96. The van der Waals surface area contributed by atoms with E-state index in [1.807, 2.05) is 42.5 Å². The van der Waals surface area contributed by atoms with Crippen molar-refractivity contribution < 1.29 is 4.79 Å². The summed E-state index contributed by atoms with van der Waals surface area (Å²) in [7, 11) is 0. The van der Waals surface area contributed by atoms with Crippen molar-refractivity contribution in [3.63, 3.8) is 0 Å². The van der Waals surface area contributed by atoms with Gasteiger partial charge < -0.3 is 9.88 Å². The van der Waals surface area contributed by atoms with Crippen molar-refractivity contribution in [2.75, 3.05) is 6.54 Å². The highest BCUT2D eigenvalue weighted by molar-refractivity contribution is 5.93. The van der Waals surface area contributed by atoms with Gasteiger partial charge in [0.25, 0.3) is 11.5 Å². The lowest BCUT2D eigenvalue weighted by molar-refractivity contribution is 0.0728. The number of fused-ring (bicyclic) bond motifs is 3. The zero-order valence-corrected chi connectivity index (χ0v) is 14.6. The van der Waals surface area contributed by atoms with Crippen molar-refractivity contribution in [2.24, 2.45) is 0 Å². The SMILES string of the molecule is O=C(c1cc(=O)n(-c2ccccc2)[nH]1)N1CCc2[nH]c3ccccc3c2C1. The maximum atomic E-state index is 13.0. The lowest BCUT2D eigenvalue weighted by Gasteiger charge is -2.26. The molecule has 3 heterocycles. The molecular weight excluding hydrogens is 340 g/mol. The van der Waals surface area contributed by atoms with Gasteiger partial charge in [-0.05, 0) is 18.2 Å². The van der Waals surface area contributed by atoms with Crippen LogP contribution in [0.15, 0.2) is 65.5 Å². The van der Waals surface area contributed by atoms with Crippen molar-refractivity contribution >= 4 is 16.8 Å². The van der Waals surface area contributed by atoms with E-state index in [0.717, 1.165) is 22.9 Å². The second-order valence-corrected chi connectivity index (χ2v) is 6.78. The Balaban J connectivity index is 1.46. The Kier molecular flexibility index (Phi) is 3.50. The number of hydrogen-bond acceptors (Lipinski definition) is 2. The molecule has 0 unspecified atom stereocenters.